The van der Waals surface area contributed by atoms with E-state index in [0.29, 0.717) is 6.42 Å². The quantitative estimate of drug-likeness (QED) is 0.594. The summed E-state index contributed by atoms with van der Waals surface area (Å²) >= 11 is 0. The second-order valence-electron chi connectivity index (χ2n) is 3.89. The van der Waals surface area contributed by atoms with Gasteiger partial charge in [0, 0.05) is 12.6 Å². The maximum Gasteiger partial charge on any atom is 0.311 e. The number of para-hydroxylation sites is 1. The molecule has 0 bridgehead atoms. The van der Waals surface area contributed by atoms with E-state index in [1.165, 1.54) is 25.3 Å². The van der Waals surface area contributed by atoms with Gasteiger partial charge in [-0.25, -0.2) is 0 Å². The SMILES string of the molecule is CCC(O)CNC(=O)c1cccc([N+](=O)[O-])c1OC. The first-order valence-electron chi connectivity index (χ1n) is 5.78. The molecule has 1 amide bonds. The van der Waals surface area contributed by atoms with Crippen molar-refractivity contribution < 1.29 is 19.6 Å². The van der Waals surface area contributed by atoms with Crippen LogP contribution >= 0.6 is 0 Å². The number of methoxy groups -OCH3 is 1. The smallest absolute Gasteiger partial charge is 0.311 e. The monoisotopic (exact) mass is 268 g/mol. The van der Waals surface area contributed by atoms with Gasteiger partial charge in [0.2, 0.25) is 5.75 Å². The number of rotatable bonds is 6. The number of nitro groups is 1. The molecule has 104 valence electrons. The number of aliphatic hydroxyl groups is 1. The summed E-state index contributed by atoms with van der Waals surface area (Å²) in [6.45, 7) is 1.87. The Morgan fingerprint density at radius 3 is 2.79 bits per heavy atom. The third kappa shape index (κ3) is 3.65. The summed E-state index contributed by atoms with van der Waals surface area (Å²) in [5, 5.41) is 22.7. The highest BCUT2D eigenvalue weighted by molar-refractivity contribution is 5.98. The van der Waals surface area contributed by atoms with Gasteiger partial charge in [-0.1, -0.05) is 13.0 Å². The highest BCUT2D eigenvalue weighted by Gasteiger charge is 2.22. The Balaban J connectivity index is 2.96. The molecule has 0 aliphatic heterocycles. The van der Waals surface area contributed by atoms with Crippen molar-refractivity contribution in [3.8, 4) is 5.75 Å². The number of nitrogens with one attached hydrogen (secondary N) is 1. The fraction of sp³-hybridized carbons (Fsp3) is 0.417. The molecule has 0 heterocycles. The van der Waals surface area contributed by atoms with E-state index >= 15 is 0 Å². The summed E-state index contributed by atoms with van der Waals surface area (Å²) in [6, 6.07) is 4.10. The minimum Gasteiger partial charge on any atom is -0.490 e. The van der Waals surface area contributed by atoms with Gasteiger partial charge in [0.05, 0.1) is 23.7 Å². The standard InChI is InChI=1S/C12H16N2O5/c1-3-8(15)7-13-12(16)9-5-4-6-10(14(17)18)11(9)19-2/h4-6,8,15H,3,7H2,1-2H3,(H,13,16). The summed E-state index contributed by atoms with van der Waals surface area (Å²) < 4.78 is 4.93. The van der Waals surface area contributed by atoms with Crippen LogP contribution in [0.1, 0.15) is 23.7 Å². The zero-order valence-corrected chi connectivity index (χ0v) is 10.8. The van der Waals surface area contributed by atoms with Gasteiger partial charge in [0.15, 0.2) is 0 Å². The number of hydrogen-bond donors (Lipinski definition) is 2. The van der Waals surface area contributed by atoms with Crippen molar-refractivity contribution in [2.75, 3.05) is 13.7 Å². The Labute approximate surface area is 110 Å². The molecule has 0 saturated heterocycles. The zero-order valence-electron chi connectivity index (χ0n) is 10.8. The van der Waals surface area contributed by atoms with Crippen LogP contribution in [0.15, 0.2) is 18.2 Å². The lowest BCUT2D eigenvalue weighted by Crippen LogP contribution is -2.32. The summed E-state index contributed by atoms with van der Waals surface area (Å²) in [4.78, 5) is 22.1. The van der Waals surface area contributed by atoms with Crippen molar-refractivity contribution in [3.63, 3.8) is 0 Å². The molecule has 7 nitrogen and oxygen atoms in total. The summed E-state index contributed by atoms with van der Waals surface area (Å²) in [5.74, 6) is -0.607. The summed E-state index contributed by atoms with van der Waals surface area (Å²) in [5.41, 5.74) is -0.203. The van der Waals surface area contributed by atoms with E-state index in [1.807, 2.05) is 0 Å². The van der Waals surface area contributed by atoms with Gasteiger partial charge in [-0.2, -0.15) is 0 Å². The van der Waals surface area contributed by atoms with Crippen molar-refractivity contribution in [3.05, 3.63) is 33.9 Å². The molecule has 1 unspecified atom stereocenters. The van der Waals surface area contributed by atoms with Gasteiger partial charge in [0.25, 0.3) is 5.91 Å². The third-order valence-corrected chi connectivity index (χ3v) is 2.61. The first kappa shape index (κ1) is 14.9. The van der Waals surface area contributed by atoms with Crippen LogP contribution in [0.2, 0.25) is 0 Å². The Bertz CT molecular complexity index is 475. The number of carbonyl (C=O) groups excluding carboxylic acids is 1. The molecular weight excluding hydrogens is 252 g/mol. The third-order valence-electron chi connectivity index (χ3n) is 2.61. The van der Waals surface area contributed by atoms with Crippen molar-refractivity contribution >= 4 is 11.6 Å². The number of nitrogens with zero attached hydrogens (tertiary/aromatic N) is 1. The Morgan fingerprint density at radius 2 is 2.26 bits per heavy atom. The molecule has 0 radical (unpaired) electrons. The lowest BCUT2D eigenvalue weighted by molar-refractivity contribution is -0.385. The van der Waals surface area contributed by atoms with Crippen molar-refractivity contribution in [2.45, 2.75) is 19.4 Å². The molecule has 1 aromatic rings. The largest absolute Gasteiger partial charge is 0.490 e. The van der Waals surface area contributed by atoms with Gasteiger partial charge in [-0.15, -0.1) is 0 Å². The van der Waals surface area contributed by atoms with Crippen LogP contribution < -0.4 is 10.1 Å². The predicted molar refractivity (Wildman–Crippen MR) is 68.3 cm³/mol. The van der Waals surface area contributed by atoms with Crippen molar-refractivity contribution in [1.29, 1.82) is 0 Å². The topological polar surface area (TPSA) is 102 Å². The normalized spacial score (nSPS) is 11.7. The molecule has 0 fully saturated rings. The van der Waals surface area contributed by atoms with Crippen LogP contribution in [0.25, 0.3) is 0 Å². The van der Waals surface area contributed by atoms with Gasteiger partial charge >= 0.3 is 5.69 Å². The molecule has 0 aliphatic carbocycles. The minimum atomic E-state index is -0.645. The Hall–Kier alpha value is -2.15. The highest BCUT2D eigenvalue weighted by atomic mass is 16.6. The van der Waals surface area contributed by atoms with Crippen LogP contribution in [-0.2, 0) is 0 Å². The molecule has 7 heteroatoms. The number of aliphatic hydroxyl groups excluding tert-OH is 1. The van der Waals surface area contributed by atoms with Crippen molar-refractivity contribution in [1.82, 2.24) is 5.32 Å². The number of hydrogen-bond acceptors (Lipinski definition) is 5. The molecule has 19 heavy (non-hydrogen) atoms. The fourth-order valence-corrected chi connectivity index (χ4v) is 1.51. The van der Waals surface area contributed by atoms with E-state index in [9.17, 15) is 20.0 Å². The van der Waals surface area contributed by atoms with E-state index < -0.39 is 16.9 Å². The minimum absolute atomic E-state index is 0.0694. The number of amides is 1. The van der Waals surface area contributed by atoms with Crippen molar-refractivity contribution in [2.24, 2.45) is 0 Å². The summed E-state index contributed by atoms with van der Waals surface area (Å²) in [7, 11) is 1.26. The van der Waals surface area contributed by atoms with Crippen LogP contribution in [0.3, 0.4) is 0 Å². The van der Waals surface area contributed by atoms with E-state index in [0.717, 1.165) is 0 Å². The van der Waals surface area contributed by atoms with Crippen LogP contribution in [0, 0.1) is 10.1 Å². The number of nitro benzene ring substituents is 1. The second-order valence-corrected chi connectivity index (χ2v) is 3.89. The van der Waals surface area contributed by atoms with E-state index in [1.54, 1.807) is 6.92 Å². The van der Waals surface area contributed by atoms with Gasteiger partial charge < -0.3 is 15.2 Å². The second kappa shape index (κ2) is 6.69. The van der Waals surface area contributed by atoms with Gasteiger partial charge in [-0.05, 0) is 12.5 Å². The van der Waals surface area contributed by atoms with Gasteiger partial charge in [-0.3, -0.25) is 14.9 Å². The lowest BCUT2D eigenvalue weighted by Gasteiger charge is -2.11. The highest BCUT2D eigenvalue weighted by Crippen LogP contribution is 2.30. The maximum atomic E-state index is 11.9. The average Bonchev–Trinajstić information content (AvgIpc) is 2.43. The molecule has 2 N–H and O–H groups in total. The molecule has 1 rings (SSSR count). The lowest BCUT2D eigenvalue weighted by atomic mass is 10.1. The van der Waals surface area contributed by atoms with Crippen LogP contribution in [-0.4, -0.2) is 35.7 Å². The number of ether oxygens (including phenoxy) is 1. The average molecular weight is 268 g/mol. The van der Waals surface area contributed by atoms with Gasteiger partial charge in [0.1, 0.15) is 0 Å². The first-order chi connectivity index (χ1) is 9.01. The number of benzene rings is 1. The Kier molecular flexibility index (Phi) is 5.25. The molecule has 1 aromatic carbocycles. The van der Waals surface area contributed by atoms with Crippen LogP contribution in [0.5, 0.6) is 5.75 Å². The predicted octanol–water partition coefficient (Wildman–Crippen LogP) is 1.10. The molecule has 0 spiro atoms. The summed E-state index contributed by atoms with van der Waals surface area (Å²) in [6.07, 6.45) is -0.138. The molecule has 1 atom stereocenters. The molecular formula is C12H16N2O5. The first-order valence-corrected chi connectivity index (χ1v) is 5.78. The zero-order chi connectivity index (χ0) is 14.4. The molecule has 0 saturated carbocycles. The number of carbonyl (C=O) groups is 1. The molecule has 0 aromatic heterocycles. The van der Waals surface area contributed by atoms with E-state index in [4.69, 9.17) is 4.74 Å². The van der Waals surface area contributed by atoms with E-state index in [-0.39, 0.29) is 23.5 Å². The Morgan fingerprint density at radius 1 is 1.58 bits per heavy atom. The maximum absolute atomic E-state index is 11.9. The fourth-order valence-electron chi connectivity index (χ4n) is 1.51. The van der Waals surface area contributed by atoms with Crippen LogP contribution in [0.4, 0.5) is 5.69 Å². The van der Waals surface area contributed by atoms with E-state index in [2.05, 4.69) is 5.32 Å². The molecule has 0 aliphatic rings.